The summed E-state index contributed by atoms with van der Waals surface area (Å²) in [5.41, 5.74) is 9.08. The van der Waals surface area contributed by atoms with Gasteiger partial charge in [0.2, 0.25) is 0 Å². The summed E-state index contributed by atoms with van der Waals surface area (Å²) in [6.45, 7) is 0.793. The van der Waals surface area contributed by atoms with Gasteiger partial charge < -0.3 is 10.3 Å². The van der Waals surface area contributed by atoms with E-state index in [0.717, 1.165) is 35.9 Å². The van der Waals surface area contributed by atoms with Crippen LogP contribution in [0.3, 0.4) is 0 Å². The van der Waals surface area contributed by atoms with Crippen LogP contribution >= 0.6 is 11.6 Å². The number of hydrogen-bond donors (Lipinski definition) is 1. The van der Waals surface area contributed by atoms with E-state index in [-0.39, 0.29) is 0 Å². The lowest BCUT2D eigenvalue weighted by Gasteiger charge is -2.09. The highest BCUT2D eigenvalue weighted by atomic mass is 35.5. The number of aryl methyl sites for hydroxylation is 2. The molecule has 112 valence electrons. The monoisotopic (exact) mass is 311 g/mol. The standard InChI is InChI=1S/C18H18ClN3/c19-16-7-4-14(5-8-16)6-9-18-21-10-11-22(18)13-15-2-1-3-17(20)12-15/h1-5,7-8,10-12H,6,9,13,20H2. The topological polar surface area (TPSA) is 43.8 Å². The summed E-state index contributed by atoms with van der Waals surface area (Å²) >= 11 is 5.91. The minimum atomic E-state index is 0.770. The Balaban J connectivity index is 1.68. The zero-order chi connectivity index (χ0) is 15.4. The van der Waals surface area contributed by atoms with Gasteiger partial charge in [0, 0.05) is 36.1 Å². The molecule has 0 aliphatic carbocycles. The van der Waals surface area contributed by atoms with Gasteiger partial charge in [0.1, 0.15) is 5.82 Å². The van der Waals surface area contributed by atoms with Crippen molar-refractivity contribution in [2.45, 2.75) is 19.4 Å². The molecule has 2 aromatic carbocycles. The van der Waals surface area contributed by atoms with Crippen molar-refractivity contribution in [1.29, 1.82) is 0 Å². The molecule has 3 nitrogen and oxygen atoms in total. The Labute approximate surface area is 135 Å². The van der Waals surface area contributed by atoms with Crippen LogP contribution in [0.1, 0.15) is 17.0 Å². The van der Waals surface area contributed by atoms with Crippen molar-refractivity contribution in [2.24, 2.45) is 0 Å². The van der Waals surface area contributed by atoms with Crippen LogP contribution in [0, 0.1) is 0 Å². The second-order valence-electron chi connectivity index (χ2n) is 5.34. The van der Waals surface area contributed by atoms with Crippen LogP contribution in [0.25, 0.3) is 0 Å². The SMILES string of the molecule is Nc1cccc(Cn2ccnc2CCc2ccc(Cl)cc2)c1. The highest BCUT2D eigenvalue weighted by molar-refractivity contribution is 6.30. The Kier molecular flexibility index (Phi) is 4.45. The molecule has 0 amide bonds. The molecule has 3 rings (SSSR count). The first-order chi connectivity index (χ1) is 10.7. The van der Waals surface area contributed by atoms with E-state index in [1.165, 1.54) is 11.1 Å². The zero-order valence-electron chi connectivity index (χ0n) is 12.2. The molecule has 0 saturated carbocycles. The first-order valence-electron chi connectivity index (χ1n) is 7.29. The van der Waals surface area contributed by atoms with Crippen LogP contribution in [-0.2, 0) is 19.4 Å². The predicted molar refractivity (Wildman–Crippen MR) is 91.0 cm³/mol. The lowest BCUT2D eigenvalue weighted by atomic mass is 10.1. The number of anilines is 1. The van der Waals surface area contributed by atoms with Gasteiger partial charge in [0.25, 0.3) is 0 Å². The van der Waals surface area contributed by atoms with Gasteiger partial charge in [-0.2, -0.15) is 0 Å². The van der Waals surface area contributed by atoms with Crippen molar-refractivity contribution < 1.29 is 0 Å². The van der Waals surface area contributed by atoms with Crippen LogP contribution < -0.4 is 5.73 Å². The number of aromatic nitrogens is 2. The zero-order valence-corrected chi connectivity index (χ0v) is 13.0. The maximum absolute atomic E-state index is 5.91. The molecule has 0 aliphatic heterocycles. The molecule has 1 aromatic heterocycles. The first kappa shape index (κ1) is 14.7. The van der Waals surface area contributed by atoms with Crippen LogP contribution in [-0.4, -0.2) is 9.55 Å². The lowest BCUT2D eigenvalue weighted by Crippen LogP contribution is -2.06. The minimum absolute atomic E-state index is 0.770. The molecular weight excluding hydrogens is 294 g/mol. The summed E-state index contributed by atoms with van der Waals surface area (Å²) in [4.78, 5) is 4.47. The summed E-state index contributed by atoms with van der Waals surface area (Å²) in [7, 11) is 0. The second kappa shape index (κ2) is 6.67. The molecule has 4 heteroatoms. The summed E-state index contributed by atoms with van der Waals surface area (Å²) < 4.78 is 2.17. The third-order valence-electron chi connectivity index (χ3n) is 3.66. The number of nitrogen functional groups attached to an aromatic ring is 1. The fourth-order valence-electron chi connectivity index (χ4n) is 2.51. The number of imidazole rings is 1. The van der Waals surface area contributed by atoms with Gasteiger partial charge in [-0.05, 0) is 41.8 Å². The van der Waals surface area contributed by atoms with E-state index >= 15 is 0 Å². The van der Waals surface area contributed by atoms with E-state index in [9.17, 15) is 0 Å². The number of nitrogens with zero attached hydrogens (tertiary/aromatic N) is 2. The van der Waals surface area contributed by atoms with Gasteiger partial charge in [0.15, 0.2) is 0 Å². The molecular formula is C18H18ClN3. The maximum atomic E-state index is 5.91. The Morgan fingerprint density at radius 3 is 2.59 bits per heavy atom. The Hall–Kier alpha value is -2.26. The van der Waals surface area contributed by atoms with Gasteiger partial charge in [-0.3, -0.25) is 0 Å². The molecule has 22 heavy (non-hydrogen) atoms. The van der Waals surface area contributed by atoms with Gasteiger partial charge in [0.05, 0.1) is 0 Å². The molecule has 0 bridgehead atoms. The number of hydrogen-bond acceptors (Lipinski definition) is 2. The van der Waals surface area contributed by atoms with Crippen molar-refractivity contribution in [1.82, 2.24) is 9.55 Å². The molecule has 0 radical (unpaired) electrons. The quantitative estimate of drug-likeness (QED) is 0.725. The van der Waals surface area contributed by atoms with Crippen molar-refractivity contribution >= 4 is 17.3 Å². The summed E-state index contributed by atoms with van der Waals surface area (Å²) in [5.74, 6) is 1.08. The number of nitrogens with two attached hydrogens (primary N) is 1. The number of rotatable bonds is 5. The second-order valence-corrected chi connectivity index (χ2v) is 5.78. The molecule has 3 aromatic rings. The van der Waals surface area contributed by atoms with E-state index in [0.29, 0.717) is 0 Å². The maximum Gasteiger partial charge on any atom is 0.109 e. The third-order valence-corrected chi connectivity index (χ3v) is 3.91. The van der Waals surface area contributed by atoms with E-state index in [1.54, 1.807) is 0 Å². The van der Waals surface area contributed by atoms with Crippen LogP contribution in [0.5, 0.6) is 0 Å². The summed E-state index contributed by atoms with van der Waals surface area (Å²) in [6.07, 6.45) is 5.71. The molecule has 0 unspecified atom stereocenters. The van der Waals surface area contributed by atoms with Crippen molar-refractivity contribution in [3.8, 4) is 0 Å². The first-order valence-corrected chi connectivity index (χ1v) is 7.67. The van der Waals surface area contributed by atoms with Gasteiger partial charge in [-0.15, -0.1) is 0 Å². The fraction of sp³-hybridized carbons (Fsp3) is 0.167. The molecule has 0 saturated heterocycles. The van der Waals surface area contributed by atoms with Crippen molar-refractivity contribution in [2.75, 3.05) is 5.73 Å². The summed E-state index contributed by atoms with van der Waals surface area (Å²) in [6, 6.07) is 15.9. The molecule has 0 fully saturated rings. The van der Waals surface area contributed by atoms with E-state index < -0.39 is 0 Å². The highest BCUT2D eigenvalue weighted by Gasteiger charge is 2.05. The molecule has 0 spiro atoms. The van der Waals surface area contributed by atoms with Gasteiger partial charge in [-0.1, -0.05) is 35.9 Å². The van der Waals surface area contributed by atoms with Gasteiger partial charge >= 0.3 is 0 Å². The average molecular weight is 312 g/mol. The smallest absolute Gasteiger partial charge is 0.109 e. The fourth-order valence-corrected chi connectivity index (χ4v) is 2.63. The van der Waals surface area contributed by atoms with Gasteiger partial charge in [-0.25, -0.2) is 4.98 Å². The highest BCUT2D eigenvalue weighted by Crippen LogP contribution is 2.13. The third kappa shape index (κ3) is 3.68. The van der Waals surface area contributed by atoms with Crippen molar-refractivity contribution in [3.63, 3.8) is 0 Å². The minimum Gasteiger partial charge on any atom is -0.399 e. The Bertz CT molecular complexity index is 747. The average Bonchev–Trinajstić information content (AvgIpc) is 2.94. The molecule has 0 atom stereocenters. The molecule has 2 N–H and O–H groups in total. The predicted octanol–water partition coefficient (Wildman–Crippen LogP) is 3.95. The Morgan fingerprint density at radius 1 is 1.00 bits per heavy atom. The van der Waals surface area contributed by atoms with Crippen LogP contribution in [0.15, 0.2) is 60.9 Å². The van der Waals surface area contributed by atoms with Crippen molar-refractivity contribution in [3.05, 3.63) is 82.9 Å². The normalized spacial score (nSPS) is 10.8. The number of benzene rings is 2. The summed E-state index contributed by atoms with van der Waals surface area (Å²) in [5, 5.41) is 0.770. The Morgan fingerprint density at radius 2 is 1.82 bits per heavy atom. The molecule has 0 aliphatic rings. The van der Waals surface area contributed by atoms with E-state index in [4.69, 9.17) is 17.3 Å². The van der Waals surface area contributed by atoms with Crippen LogP contribution in [0.4, 0.5) is 5.69 Å². The lowest BCUT2D eigenvalue weighted by molar-refractivity contribution is 0.712. The molecule has 1 heterocycles. The number of halogens is 1. The van der Waals surface area contributed by atoms with E-state index in [2.05, 4.69) is 27.8 Å². The van der Waals surface area contributed by atoms with E-state index in [1.807, 2.05) is 42.7 Å². The van der Waals surface area contributed by atoms with Crippen LogP contribution in [0.2, 0.25) is 5.02 Å². The largest absolute Gasteiger partial charge is 0.399 e.